The third kappa shape index (κ3) is 2.53. The molecule has 1 aromatic heterocycles. The molecule has 0 fully saturated rings. The standard InChI is InChI=1S/C9H3Cl2F3N2O/c10-4-1-2-5(6(11)3-4)7-15-8(17-16-7)9(12,13)14/h1-3H. The molecule has 90 valence electrons. The third-order valence-electron chi connectivity index (χ3n) is 1.84. The molecular formula is C9H3Cl2F3N2O. The largest absolute Gasteiger partial charge is 0.471 e. The van der Waals surface area contributed by atoms with Crippen molar-refractivity contribution in [1.82, 2.24) is 10.1 Å². The molecule has 0 radical (unpaired) electrons. The van der Waals surface area contributed by atoms with Crippen molar-refractivity contribution in [2.24, 2.45) is 0 Å². The maximum atomic E-state index is 12.2. The molecule has 1 aromatic carbocycles. The van der Waals surface area contributed by atoms with Crippen LogP contribution in [0.15, 0.2) is 22.7 Å². The number of halogens is 5. The molecular weight excluding hydrogens is 280 g/mol. The van der Waals surface area contributed by atoms with Gasteiger partial charge >= 0.3 is 12.1 Å². The van der Waals surface area contributed by atoms with Gasteiger partial charge in [-0.1, -0.05) is 28.4 Å². The summed E-state index contributed by atoms with van der Waals surface area (Å²) < 4.78 is 40.8. The first kappa shape index (κ1) is 12.2. The molecule has 0 amide bonds. The summed E-state index contributed by atoms with van der Waals surface area (Å²) in [6, 6.07) is 4.25. The van der Waals surface area contributed by atoms with Crippen LogP contribution in [0.5, 0.6) is 0 Å². The topological polar surface area (TPSA) is 38.9 Å². The molecule has 0 bridgehead atoms. The number of hydrogen-bond donors (Lipinski definition) is 0. The van der Waals surface area contributed by atoms with E-state index in [1.54, 1.807) is 0 Å². The average molecular weight is 283 g/mol. The van der Waals surface area contributed by atoms with E-state index < -0.39 is 12.1 Å². The fourth-order valence-corrected chi connectivity index (χ4v) is 1.61. The fourth-order valence-electron chi connectivity index (χ4n) is 1.12. The lowest BCUT2D eigenvalue weighted by molar-refractivity contribution is -0.159. The van der Waals surface area contributed by atoms with E-state index in [1.807, 2.05) is 0 Å². The van der Waals surface area contributed by atoms with Crippen molar-refractivity contribution in [2.75, 3.05) is 0 Å². The first-order chi connectivity index (χ1) is 7.88. The van der Waals surface area contributed by atoms with Crippen molar-refractivity contribution in [3.8, 4) is 11.4 Å². The number of hydrogen-bond acceptors (Lipinski definition) is 3. The molecule has 17 heavy (non-hydrogen) atoms. The van der Waals surface area contributed by atoms with Crippen molar-refractivity contribution in [2.45, 2.75) is 6.18 Å². The minimum atomic E-state index is -4.68. The van der Waals surface area contributed by atoms with Gasteiger partial charge in [0.25, 0.3) is 0 Å². The van der Waals surface area contributed by atoms with Crippen molar-refractivity contribution in [3.63, 3.8) is 0 Å². The molecule has 2 aromatic rings. The molecule has 0 saturated carbocycles. The monoisotopic (exact) mass is 282 g/mol. The third-order valence-corrected chi connectivity index (χ3v) is 2.39. The summed E-state index contributed by atoms with van der Waals surface area (Å²) in [7, 11) is 0. The van der Waals surface area contributed by atoms with Crippen molar-refractivity contribution in [3.05, 3.63) is 34.1 Å². The Labute approximate surface area is 103 Å². The van der Waals surface area contributed by atoms with E-state index in [9.17, 15) is 13.2 Å². The molecule has 0 aliphatic heterocycles. The van der Waals surface area contributed by atoms with E-state index in [0.717, 1.165) is 0 Å². The summed E-state index contributed by atoms with van der Waals surface area (Å²) in [6.07, 6.45) is -4.68. The smallest absolute Gasteiger partial charge is 0.329 e. The van der Waals surface area contributed by atoms with Gasteiger partial charge in [0.05, 0.1) is 5.02 Å². The SMILES string of the molecule is FC(F)(F)c1nc(-c2ccc(Cl)cc2Cl)no1. The second-order valence-electron chi connectivity index (χ2n) is 3.05. The molecule has 8 heteroatoms. The van der Waals surface area contributed by atoms with E-state index in [2.05, 4.69) is 14.7 Å². The molecule has 3 nitrogen and oxygen atoms in total. The lowest BCUT2D eigenvalue weighted by Crippen LogP contribution is -2.04. The maximum absolute atomic E-state index is 12.2. The van der Waals surface area contributed by atoms with E-state index in [1.165, 1.54) is 18.2 Å². The maximum Gasteiger partial charge on any atom is 0.471 e. The van der Waals surface area contributed by atoms with Crippen LogP contribution in [-0.4, -0.2) is 10.1 Å². The van der Waals surface area contributed by atoms with Crippen molar-refractivity contribution in [1.29, 1.82) is 0 Å². The Morgan fingerprint density at radius 3 is 2.41 bits per heavy atom. The number of alkyl halides is 3. The summed E-state index contributed by atoms with van der Waals surface area (Å²) in [5, 5.41) is 3.71. The molecule has 0 atom stereocenters. The van der Waals surface area contributed by atoms with Crippen LogP contribution in [-0.2, 0) is 6.18 Å². The average Bonchev–Trinajstić information content (AvgIpc) is 2.65. The zero-order valence-electron chi connectivity index (χ0n) is 7.92. The molecule has 0 spiro atoms. The number of benzene rings is 1. The lowest BCUT2D eigenvalue weighted by atomic mass is 10.2. The molecule has 0 unspecified atom stereocenters. The normalized spacial score (nSPS) is 11.8. The Morgan fingerprint density at radius 2 is 1.88 bits per heavy atom. The minimum Gasteiger partial charge on any atom is -0.329 e. The van der Waals surface area contributed by atoms with Gasteiger partial charge in [-0.25, -0.2) is 0 Å². The molecule has 2 rings (SSSR count). The number of aromatic nitrogens is 2. The molecule has 0 aliphatic carbocycles. The fraction of sp³-hybridized carbons (Fsp3) is 0.111. The first-order valence-corrected chi connectivity index (χ1v) is 5.00. The molecule has 0 N–H and O–H groups in total. The molecule has 1 heterocycles. The highest BCUT2D eigenvalue weighted by atomic mass is 35.5. The van der Waals surface area contributed by atoms with E-state index in [-0.39, 0.29) is 16.4 Å². The minimum absolute atomic E-state index is 0.145. The Kier molecular flexibility index (Phi) is 3.01. The van der Waals surface area contributed by atoms with Gasteiger partial charge in [0.2, 0.25) is 5.82 Å². The van der Waals surface area contributed by atoms with Crippen molar-refractivity contribution >= 4 is 23.2 Å². The second kappa shape index (κ2) is 4.19. The van der Waals surface area contributed by atoms with E-state index in [0.29, 0.717) is 5.02 Å². The predicted octanol–water partition coefficient (Wildman–Crippen LogP) is 4.06. The first-order valence-electron chi connectivity index (χ1n) is 4.24. The quantitative estimate of drug-likeness (QED) is 0.792. The predicted molar refractivity (Wildman–Crippen MR) is 54.8 cm³/mol. The Hall–Kier alpha value is -1.27. The summed E-state index contributed by atoms with van der Waals surface area (Å²) >= 11 is 11.5. The van der Waals surface area contributed by atoms with Crippen LogP contribution in [0.1, 0.15) is 5.89 Å². The summed E-state index contributed by atoms with van der Waals surface area (Å²) in [6.45, 7) is 0. The van der Waals surface area contributed by atoms with Gasteiger partial charge in [0, 0.05) is 10.6 Å². The highest BCUT2D eigenvalue weighted by molar-refractivity contribution is 6.36. The zero-order chi connectivity index (χ0) is 12.6. The zero-order valence-corrected chi connectivity index (χ0v) is 9.44. The Bertz CT molecular complexity index is 553. The summed E-state index contributed by atoms with van der Waals surface area (Å²) in [5.74, 6) is -1.66. The second-order valence-corrected chi connectivity index (χ2v) is 3.89. The number of rotatable bonds is 1. The number of nitrogens with zero attached hydrogens (tertiary/aromatic N) is 2. The highest BCUT2D eigenvalue weighted by Crippen LogP contribution is 2.32. The van der Waals surface area contributed by atoms with Gasteiger partial charge in [-0.3, -0.25) is 0 Å². The van der Waals surface area contributed by atoms with Crippen molar-refractivity contribution < 1.29 is 17.7 Å². The van der Waals surface area contributed by atoms with Crippen LogP contribution >= 0.6 is 23.2 Å². The van der Waals surface area contributed by atoms with E-state index >= 15 is 0 Å². The van der Waals surface area contributed by atoms with E-state index in [4.69, 9.17) is 23.2 Å². The molecule has 0 saturated heterocycles. The molecule has 0 aliphatic rings. The highest BCUT2D eigenvalue weighted by Gasteiger charge is 2.38. The van der Waals surface area contributed by atoms with Crippen LogP contribution in [0.2, 0.25) is 10.0 Å². The van der Waals surface area contributed by atoms with Gasteiger partial charge in [-0.2, -0.15) is 18.2 Å². The Balaban J connectivity index is 2.44. The van der Waals surface area contributed by atoms with Gasteiger partial charge in [-0.15, -0.1) is 0 Å². The summed E-state index contributed by atoms with van der Waals surface area (Å²) in [4.78, 5) is 3.21. The van der Waals surface area contributed by atoms with Gasteiger partial charge in [0.15, 0.2) is 0 Å². The van der Waals surface area contributed by atoms with Crippen LogP contribution < -0.4 is 0 Å². The van der Waals surface area contributed by atoms with Gasteiger partial charge in [-0.05, 0) is 18.2 Å². The van der Waals surface area contributed by atoms with Gasteiger partial charge in [0.1, 0.15) is 0 Å². The summed E-state index contributed by atoms with van der Waals surface area (Å²) in [5.41, 5.74) is 0.218. The van der Waals surface area contributed by atoms with Crippen LogP contribution in [0.25, 0.3) is 11.4 Å². The van der Waals surface area contributed by atoms with Crippen LogP contribution in [0, 0.1) is 0 Å². The lowest BCUT2D eigenvalue weighted by Gasteiger charge is -1.99. The van der Waals surface area contributed by atoms with Crippen LogP contribution in [0.3, 0.4) is 0 Å². The van der Waals surface area contributed by atoms with Gasteiger partial charge < -0.3 is 4.52 Å². The Morgan fingerprint density at radius 1 is 1.18 bits per heavy atom. The van der Waals surface area contributed by atoms with Crippen LogP contribution in [0.4, 0.5) is 13.2 Å².